The van der Waals surface area contributed by atoms with Crippen LogP contribution in [0.25, 0.3) is 0 Å². The number of aromatic nitrogens is 3. The molecule has 0 aliphatic heterocycles. The first-order valence-electron chi connectivity index (χ1n) is 10.2. The van der Waals surface area contributed by atoms with Gasteiger partial charge in [0, 0.05) is 19.2 Å². The van der Waals surface area contributed by atoms with Crippen LogP contribution in [0, 0.1) is 13.8 Å². The minimum absolute atomic E-state index is 0.131. The molecule has 10 heteroatoms. The number of benzene rings is 2. The fraction of sp³-hybridized carbons (Fsp3) is 0.348. The fourth-order valence-electron chi connectivity index (χ4n) is 3.26. The summed E-state index contributed by atoms with van der Waals surface area (Å²) in [5.41, 5.74) is 2.71. The third-order valence-electron chi connectivity index (χ3n) is 4.95. The van der Waals surface area contributed by atoms with Crippen LogP contribution in [0.3, 0.4) is 0 Å². The quantitative estimate of drug-likeness (QED) is 0.423. The van der Waals surface area contributed by atoms with E-state index in [1.807, 2.05) is 44.5 Å². The van der Waals surface area contributed by atoms with Gasteiger partial charge in [-0.3, -0.25) is 4.79 Å². The molecule has 176 valence electrons. The van der Waals surface area contributed by atoms with E-state index in [2.05, 4.69) is 21.6 Å². The van der Waals surface area contributed by atoms with Crippen LogP contribution in [-0.2, 0) is 11.8 Å². The highest BCUT2D eigenvalue weighted by Crippen LogP contribution is 2.36. The first-order chi connectivity index (χ1) is 15.7. The van der Waals surface area contributed by atoms with Crippen molar-refractivity contribution < 1.29 is 19.0 Å². The molecular weight excluding hydrogens is 464 g/mol. The fourth-order valence-corrected chi connectivity index (χ4v) is 4.20. The van der Waals surface area contributed by atoms with Gasteiger partial charge in [0.15, 0.2) is 17.1 Å². The zero-order chi connectivity index (χ0) is 24.1. The lowest BCUT2D eigenvalue weighted by atomic mass is 10.1. The van der Waals surface area contributed by atoms with Gasteiger partial charge in [-0.05, 0) is 32.4 Å². The number of ether oxygens (including phenoxy) is 3. The molecular formula is C23H27ClN4O4S. The van der Waals surface area contributed by atoms with E-state index in [1.54, 1.807) is 12.1 Å². The molecule has 0 spiro atoms. The highest BCUT2D eigenvalue weighted by atomic mass is 35.5. The Morgan fingerprint density at radius 3 is 2.52 bits per heavy atom. The summed E-state index contributed by atoms with van der Waals surface area (Å²) < 4.78 is 18.4. The molecule has 1 amide bonds. The van der Waals surface area contributed by atoms with Gasteiger partial charge >= 0.3 is 0 Å². The smallest absolute Gasteiger partial charge is 0.234 e. The zero-order valence-corrected chi connectivity index (χ0v) is 21.0. The van der Waals surface area contributed by atoms with Gasteiger partial charge in [0.25, 0.3) is 0 Å². The Kier molecular flexibility index (Phi) is 8.10. The SMILES string of the molecule is COc1cc(NC(=O)CSc2nnc(C(C)Oc3ccc(C)cc3C)n2C)c(OC)cc1Cl. The average Bonchev–Trinajstić information content (AvgIpc) is 3.15. The second kappa shape index (κ2) is 10.8. The van der Waals surface area contributed by atoms with Crippen molar-refractivity contribution >= 4 is 35.0 Å². The molecule has 3 rings (SSSR count). The molecule has 0 saturated heterocycles. The molecule has 1 atom stereocenters. The maximum Gasteiger partial charge on any atom is 0.234 e. The molecule has 1 heterocycles. The average molecular weight is 491 g/mol. The number of carbonyl (C=O) groups excluding carboxylic acids is 1. The molecule has 1 aromatic heterocycles. The molecule has 2 aromatic carbocycles. The van der Waals surface area contributed by atoms with Crippen LogP contribution in [0.15, 0.2) is 35.5 Å². The molecule has 33 heavy (non-hydrogen) atoms. The van der Waals surface area contributed by atoms with Gasteiger partial charge in [-0.25, -0.2) is 0 Å². The third kappa shape index (κ3) is 5.91. The van der Waals surface area contributed by atoms with E-state index >= 15 is 0 Å². The number of thioether (sulfide) groups is 1. The number of nitrogens with zero attached hydrogens (tertiary/aromatic N) is 3. The monoisotopic (exact) mass is 490 g/mol. The van der Waals surface area contributed by atoms with Crippen molar-refractivity contribution in [1.82, 2.24) is 14.8 Å². The summed E-state index contributed by atoms with van der Waals surface area (Å²) >= 11 is 7.39. The Morgan fingerprint density at radius 2 is 1.85 bits per heavy atom. The number of carbonyl (C=O) groups is 1. The van der Waals surface area contributed by atoms with E-state index in [1.165, 1.54) is 31.5 Å². The summed E-state index contributed by atoms with van der Waals surface area (Å²) in [6.07, 6.45) is -0.308. The van der Waals surface area contributed by atoms with Crippen molar-refractivity contribution in [3.05, 3.63) is 52.3 Å². The number of amides is 1. The van der Waals surface area contributed by atoms with E-state index in [0.717, 1.165) is 11.3 Å². The number of hydrogen-bond acceptors (Lipinski definition) is 7. The lowest BCUT2D eigenvalue weighted by Gasteiger charge is -2.16. The molecule has 0 fully saturated rings. The molecule has 8 nitrogen and oxygen atoms in total. The molecule has 0 saturated carbocycles. The van der Waals surface area contributed by atoms with Crippen LogP contribution in [0.5, 0.6) is 17.2 Å². The van der Waals surface area contributed by atoms with Crippen LogP contribution in [0.2, 0.25) is 5.02 Å². The van der Waals surface area contributed by atoms with E-state index in [4.69, 9.17) is 25.8 Å². The second-order valence-corrected chi connectivity index (χ2v) is 8.80. The van der Waals surface area contributed by atoms with E-state index in [0.29, 0.717) is 33.2 Å². The summed E-state index contributed by atoms with van der Waals surface area (Å²) in [6, 6.07) is 9.25. The number of nitrogens with one attached hydrogen (secondary N) is 1. The highest BCUT2D eigenvalue weighted by Gasteiger charge is 2.19. The number of halogens is 1. The lowest BCUT2D eigenvalue weighted by Crippen LogP contribution is -2.15. The Bertz CT molecular complexity index is 1150. The predicted octanol–water partition coefficient (Wildman–Crippen LogP) is 4.97. The molecule has 0 aliphatic rings. The Morgan fingerprint density at radius 1 is 1.12 bits per heavy atom. The number of methoxy groups -OCH3 is 2. The van der Waals surface area contributed by atoms with Crippen molar-refractivity contribution in [3.63, 3.8) is 0 Å². The van der Waals surface area contributed by atoms with Gasteiger partial charge in [-0.15, -0.1) is 10.2 Å². The van der Waals surface area contributed by atoms with Gasteiger partial charge in [0.05, 0.1) is 30.7 Å². The number of hydrogen-bond donors (Lipinski definition) is 1. The van der Waals surface area contributed by atoms with Crippen molar-refractivity contribution in [3.8, 4) is 17.2 Å². The lowest BCUT2D eigenvalue weighted by molar-refractivity contribution is -0.113. The standard InChI is InChI=1S/C23H27ClN4O4S/c1-13-7-8-18(14(2)9-13)32-15(3)22-26-27-23(28(22)4)33-12-21(29)25-17-11-19(30-5)16(24)10-20(17)31-6/h7-11,15H,12H2,1-6H3,(H,25,29). The number of aryl methyl sites for hydroxylation is 2. The first kappa shape index (κ1) is 24.7. The molecule has 1 unspecified atom stereocenters. The first-order valence-corrected chi connectivity index (χ1v) is 11.6. The van der Waals surface area contributed by atoms with Gasteiger partial charge in [0.2, 0.25) is 5.91 Å². The van der Waals surface area contributed by atoms with Crippen LogP contribution in [-0.4, -0.2) is 40.6 Å². The van der Waals surface area contributed by atoms with Crippen molar-refractivity contribution in [1.29, 1.82) is 0 Å². The van der Waals surface area contributed by atoms with Crippen LogP contribution >= 0.6 is 23.4 Å². The molecule has 1 N–H and O–H groups in total. The summed E-state index contributed by atoms with van der Waals surface area (Å²) in [4.78, 5) is 12.6. The minimum Gasteiger partial charge on any atom is -0.495 e. The third-order valence-corrected chi connectivity index (χ3v) is 6.26. The van der Waals surface area contributed by atoms with Crippen LogP contribution < -0.4 is 19.5 Å². The van der Waals surface area contributed by atoms with Crippen molar-refractivity contribution in [2.45, 2.75) is 32.0 Å². The van der Waals surface area contributed by atoms with E-state index in [-0.39, 0.29) is 17.8 Å². The highest BCUT2D eigenvalue weighted by molar-refractivity contribution is 7.99. The second-order valence-electron chi connectivity index (χ2n) is 7.45. The molecule has 0 radical (unpaired) electrons. The molecule has 0 aliphatic carbocycles. The van der Waals surface area contributed by atoms with Gasteiger partial charge < -0.3 is 24.1 Å². The maximum absolute atomic E-state index is 12.6. The normalized spacial score (nSPS) is 11.7. The predicted molar refractivity (Wildman–Crippen MR) is 130 cm³/mol. The Balaban J connectivity index is 1.64. The van der Waals surface area contributed by atoms with Gasteiger partial charge in [-0.2, -0.15) is 0 Å². The summed E-state index contributed by atoms with van der Waals surface area (Å²) in [7, 11) is 4.86. The van der Waals surface area contributed by atoms with E-state index in [9.17, 15) is 4.79 Å². The Hall–Kier alpha value is -2.91. The van der Waals surface area contributed by atoms with Crippen LogP contribution in [0.4, 0.5) is 5.69 Å². The Labute approximate surface area is 202 Å². The maximum atomic E-state index is 12.6. The van der Waals surface area contributed by atoms with Gasteiger partial charge in [-0.1, -0.05) is 41.1 Å². The topological polar surface area (TPSA) is 87.5 Å². The van der Waals surface area contributed by atoms with Crippen LogP contribution in [0.1, 0.15) is 30.0 Å². The van der Waals surface area contributed by atoms with Gasteiger partial charge in [0.1, 0.15) is 17.2 Å². The summed E-state index contributed by atoms with van der Waals surface area (Å²) in [5.74, 6) is 2.26. The zero-order valence-electron chi connectivity index (χ0n) is 19.4. The van der Waals surface area contributed by atoms with Crippen molar-refractivity contribution in [2.24, 2.45) is 7.05 Å². The van der Waals surface area contributed by atoms with Crippen molar-refractivity contribution in [2.75, 3.05) is 25.3 Å². The minimum atomic E-state index is -0.308. The van der Waals surface area contributed by atoms with E-state index < -0.39 is 0 Å². The number of rotatable bonds is 9. The largest absolute Gasteiger partial charge is 0.495 e. The summed E-state index contributed by atoms with van der Waals surface area (Å²) in [6.45, 7) is 5.98. The molecule has 3 aromatic rings. The number of anilines is 1. The molecule has 0 bridgehead atoms. The summed E-state index contributed by atoms with van der Waals surface area (Å²) in [5, 5.41) is 12.3.